The number of rotatable bonds is 2. The smallest absolute Gasteiger partial charge is 0.255 e. The Labute approximate surface area is 139 Å². The number of amides is 1. The molecule has 0 saturated heterocycles. The zero-order chi connectivity index (χ0) is 16.8. The standard InChI is InChI=1S/C20H13FN2O/c21-17-10-8-16(9-11-17)20(24)23-19-6-3-4-15(14-19)7-12-18-5-1-2-13-22-18/h1-6,8-11,13-14H,(H,23,24). The summed E-state index contributed by atoms with van der Waals surface area (Å²) < 4.78 is 12.9. The molecule has 0 fully saturated rings. The Morgan fingerprint density at radius 3 is 2.54 bits per heavy atom. The summed E-state index contributed by atoms with van der Waals surface area (Å²) in [5.74, 6) is 5.29. The lowest BCUT2D eigenvalue weighted by Crippen LogP contribution is -2.11. The van der Waals surface area contributed by atoms with Crippen LogP contribution in [0.3, 0.4) is 0 Å². The van der Waals surface area contributed by atoms with Crippen molar-refractivity contribution in [3.05, 3.63) is 95.6 Å². The molecule has 0 radical (unpaired) electrons. The molecule has 0 spiro atoms. The number of hydrogen-bond acceptors (Lipinski definition) is 2. The van der Waals surface area contributed by atoms with Crippen LogP contribution in [-0.2, 0) is 0 Å². The molecule has 1 N–H and O–H groups in total. The van der Waals surface area contributed by atoms with Crippen molar-refractivity contribution < 1.29 is 9.18 Å². The topological polar surface area (TPSA) is 42.0 Å². The predicted octanol–water partition coefficient (Wildman–Crippen LogP) is 3.87. The van der Waals surface area contributed by atoms with E-state index in [-0.39, 0.29) is 11.7 Å². The number of carbonyl (C=O) groups is 1. The molecule has 3 nitrogen and oxygen atoms in total. The van der Waals surface area contributed by atoms with Gasteiger partial charge in [-0.1, -0.05) is 18.1 Å². The second-order valence-corrected chi connectivity index (χ2v) is 5.01. The minimum atomic E-state index is -0.377. The van der Waals surface area contributed by atoms with Gasteiger partial charge < -0.3 is 5.32 Å². The van der Waals surface area contributed by atoms with Crippen LogP contribution in [0.1, 0.15) is 21.6 Å². The number of carbonyl (C=O) groups excluding carboxylic acids is 1. The lowest BCUT2D eigenvalue weighted by molar-refractivity contribution is 0.102. The molecule has 0 aliphatic carbocycles. The van der Waals surface area contributed by atoms with Crippen molar-refractivity contribution >= 4 is 11.6 Å². The van der Waals surface area contributed by atoms with E-state index < -0.39 is 0 Å². The number of nitrogens with zero attached hydrogens (tertiary/aromatic N) is 1. The van der Waals surface area contributed by atoms with Gasteiger partial charge in [0.2, 0.25) is 0 Å². The van der Waals surface area contributed by atoms with E-state index in [2.05, 4.69) is 22.1 Å². The molecule has 3 rings (SSSR count). The van der Waals surface area contributed by atoms with Crippen LogP contribution in [0.25, 0.3) is 0 Å². The first-order valence-electron chi connectivity index (χ1n) is 7.31. The van der Waals surface area contributed by atoms with E-state index in [1.165, 1.54) is 24.3 Å². The van der Waals surface area contributed by atoms with E-state index in [0.29, 0.717) is 16.9 Å². The van der Waals surface area contributed by atoms with E-state index in [1.54, 1.807) is 18.3 Å². The monoisotopic (exact) mass is 316 g/mol. The van der Waals surface area contributed by atoms with Crippen LogP contribution in [0.15, 0.2) is 72.9 Å². The molecule has 3 aromatic rings. The lowest BCUT2D eigenvalue weighted by atomic mass is 10.1. The summed E-state index contributed by atoms with van der Waals surface area (Å²) in [4.78, 5) is 16.3. The van der Waals surface area contributed by atoms with Gasteiger partial charge in [-0.3, -0.25) is 4.79 Å². The van der Waals surface area contributed by atoms with Crippen LogP contribution < -0.4 is 5.32 Å². The molecule has 0 atom stereocenters. The first kappa shape index (κ1) is 15.4. The fraction of sp³-hybridized carbons (Fsp3) is 0. The zero-order valence-corrected chi connectivity index (χ0v) is 12.7. The van der Waals surface area contributed by atoms with Crippen LogP contribution >= 0.6 is 0 Å². The molecule has 1 aromatic heterocycles. The number of pyridine rings is 1. The third kappa shape index (κ3) is 4.05. The average molecular weight is 316 g/mol. The molecule has 2 aromatic carbocycles. The van der Waals surface area contributed by atoms with Gasteiger partial charge in [0.1, 0.15) is 11.5 Å². The molecular formula is C20H13FN2O. The van der Waals surface area contributed by atoms with E-state index >= 15 is 0 Å². The Morgan fingerprint density at radius 1 is 0.958 bits per heavy atom. The van der Waals surface area contributed by atoms with Gasteiger partial charge in [-0.2, -0.15) is 0 Å². The Balaban J connectivity index is 1.75. The first-order valence-corrected chi connectivity index (χ1v) is 7.31. The normalized spacial score (nSPS) is 9.71. The molecule has 116 valence electrons. The second-order valence-electron chi connectivity index (χ2n) is 5.01. The van der Waals surface area contributed by atoms with Crippen LogP contribution in [0.5, 0.6) is 0 Å². The number of nitrogens with one attached hydrogen (secondary N) is 1. The fourth-order valence-electron chi connectivity index (χ4n) is 2.05. The molecule has 0 saturated carbocycles. The van der Waals surface area contributed by atoms with E-state index in [1.807, 2.05) is 30.3 Å². The minimum absolute atomic E-state index is 0.301. The zero-order valence-electron chi connectivity index (χ0n) is 12.7. The van der Waals surface area contributed by atoms with Gasteiger partial charge in [0, 0.05) is 23.0 Å². The molecule has 0 bridgehead atoms. The molecule has 0 aliphatic rings. The van der Waals surface area contributed by atoms with Crippen molar-refractivity contribution in [1.82, 2.24) is 4.98 Å². The quantitative estimate of drug-likeness (QED) is 0.729. The SMILES string of the molecule is O=C(Nc1cccc(C#Cc2ccccn2)c1)c1ccc(F)cc1. The van der Waals surface area contributed by atoms with Gasteiger partial charge in [0.05, 0.1) is 0 Å². The molecule has 0 unspecified atom stereocenters. The van der Waals surface area contributed by atoms with Gasteiger partial charge in [0.25, 0.3) is 5.91 Å². The second kappa shape index (κ2) is 7.21. The molecule has 0 aliphatic heterocycles. The van der Waals surface area contributed by atoms with E-state index in [4.69, 9.17) is 0 Å². The minimum Gasteiger partial charge on any atom is -0.322 e. The van der Waals surface area contributed by atoms with Crippen molar-refractivity contribution in [1.29, 1.82) is 0 Å². The molecule has 4 heteroatoms. The van der Waals surface area contributed by atoms with Gasteiger partial charge in [-0.05, 0) is 60.5 Å². The van der Waals surface area contributed by atoms with Crippen LogP contribution in [0.4, 0.5) is 10.1 Å². The van der Waals surface area contributed by atoms with Gasteiger partial charge in [-0.25, -0.2) is 9.37 Å². The number of halogens is 1. The van der Waals surface area contributed by atoms with E-state index in [9.17, 15) is 9.18 Å². The molecule has 1 heterocycles. The molecule has 1 amide bonds. The summed E-state index contributed by atoms with van der Waals surface area (Å²) >= 11 is 0. The van der Waals surface area contributed by atoms with Crippen molar-refractivity contribution in [3.8, 4) is 11.8 Å². The lowest BCUT2D eigenvalue weighted by Gasteiger charge is -2.05. The highest BCUT2D eigenvalue weighted by atomic mass is 19.1. The Hall–Kier alpha value is -3.45. The predicted molar refractivity (Wildman–Crippen MR) is 91.0 cm³/mol. The van der Waals surface area contributed by atoms with E-state index in [0.717, 1.165) is 5.56 Å². The third-order valence-electron chi connectivity index (χ3n) is 3.23. The molecule has 24 heavy (non-hydrogen) atoms. The average Bonchev–Trinajstić information content (AvgIpc) is 2.62. The summed E-state index contributed by atoms with van der Waals surface area (Å²) in [5, 5.41) is 2.77. The number of hydrogen-bond donors (Lipinski definition) is 1. The van der Waals surface area contributed by atoms with Gasteiger partial charge >= 0.3 is 0 Å². The molecular weight excluding hydrogens is 303 g/mol. The fourth-order valence-corrected chi connectivity index (χ4v) is 2.05. The highest BCUT2D eigenvalue weighted by Crippen LogP contribution is 2.12. The summed E-state index contributed by atoms with van der Waals surface area (Å²) in [6.07, 6.45) is 1.68. The van der Waals surface area contributed by atoms with Crippen molar-refractivity contribution in [2.45, 2.75) is 0 Å². The maximum Gasteiger partial charge on any atom is 0.255 e. The van der Waals surface area contributed by atoms with Crippen LogP contribution in [0.2, 0.25) is 0 Å². The Morgan fingerprint density at radius 2 is 1.79 bits per heavy atom. The third-order valence-corrected chi connectivity index (χ3v) is 3.23. The summed E-state index contributed by atoms with van der Waals surface area (Å²) in [6.45, 7) is 0. The van der Waals surface area contributed by atoms with Crippen LogP contribution in [-0.4, -0.2) is 10.9 Å². The van der Waals surface area contributed by atoms with Gasteiger partial charge in [0.15, 0.2) is 0 Å². The largest absolute Gasteiger partial charge is 0.322 e. The number of anilines is 1. The number of benzene rings is 2. The van der Waals surface area contributed by atoms with Crippen molar-refractivity contribution in [3.63, 3.8) is 0 Å². The first-order chi connectivity index (χ1) is 11.7. The van der Waals surface area contributed by atoms with Crippen molar-refractivity contribution in [2.24, 2.45) is 0 Å². The van der Waals surface area contributed by atoms with Gasteiger partial charge in [-0.15, -0.1) is 0 Å². The number of aromatic nitrogens is 1. The summed E-state index contributed by atoms with van der Waals surface area (Å²) in [6, 6.07) is 18.1. The highest BCUT2D eigenvalue weighted by molar-refractivity contribution is 6.04. The summed E-state index contributed by atoms with van der Waals surface area (Å²) in [5.41, 5.74) is 2.45. The Kier molecular flexibility index (Phi) is 4.64. The summed E-state index contributed by atoms with van der Waals surface area (Å²) in [7, 11) is 0. The van der Waals surface area contributed by atoms with Crippen molar-refractivity contribution in [2.75, 3.05) is 5.32 Å². The Bertz CT molecular complexity index is 910. The maximum absolute atomic E-state index is 12.9. The maximum atomic E-state index is 12.9. The van der Waals surface area contributed by atoms with Crippen LogP contribution in [0, 0.1) is 17.7 Å². The highest BCUT2D eigenvalue weighted by Gasteiger charge is 2.06.